The van der Waals surface area contributed by atoms with Gasteiger partial charge in [0.05, 0.1) is 5.92 Å². The summed E-state index contributed by atoms with van der Waals surface area (Å²) in [5, 5.41) is 2.63. The van der Waals surface area contributed by atoms with Gasteiger partial charge in [-0.1, -0.05) is 12.8 Å². The van der Waals surface area contributed by atoms with E-state index in [2.05, 4.69) is 5.32 Å². The van der Waals surface area contributed by atoms with Crippen LogP contribution < -0.4 is 11.1 Å². The fraction of sp³-hybridized carbons (Fsp3) is 0.875. The highest BCUT2D eigenvalue weighted by atomic mass is 16.1. The van der Waals surface area contributed by atoms with E-state index in [4.69, 9.17) is 5.73 Å². The molecule has 1 unspecified atom stereocenters. The van der Waals surface area contributed by atoms with E-state index < -0.39 is 0 Å². The molecule has 64 valence electrons. The molecule has 1 aliphatic rings. The van der Waals surface area contributed by atoms with Crippen LogP contribution in [0.4, 0.5) is 0 Å². The Morgan fingerprint density at radius 1 is 1.73 bits per heavy atom. The molecule has 3 heteroatoms. The van der Waals surface area contributed by atoms with E-state index in [1.165, 1.54) is 12.8 Å². The Morgan fingerprint density at radius 2 is 2.36 bits per heavy atom. The molecule has 0 spiro atoms. The van der Waals surface area contributed by atoms with Gasteiger partial charge in [-0.2, -0.15) is 0 Å². The third-order valence-electron chi connectivity index (χ3n) is 2.22. The molecular formula is C8H16N2O. The standard InChI is InChI=1S/C8H16N2O/c1-10-8(11)7(5-9)4-6-2-3-6/h6-7H,2-5,9H2,1H3,(H,10,11). The lowest BCUT2D eigenvalue weighted by molar-refractivity contribution is -0.124. The summed E-state index contributed by atoms with van der Waals surface area (Å²) < 4.78 is 0. The molecule has 0 aromatic heterocycles. The van der Waals surface area contributed by atoms with Gasteiger partial charge in [-0.3, -0.25) is 4.79 Å². The van der Waals surface area contributed by atoms with Gasteiger partial charge in [0.2, 0.25) is 5.91 Å². The van der Waals surface area contributed by atoms with Gasteiger partial charge in [0.25, 0.3) is 0 Å². The molecule has 0 aliphatic heterocycles. The van der Waals surface area contributed by atoms with Gasteiger partial charge in [-0.15, -0.1) is 0 Å². The van der Waals surface area contributed by atoms with Crippen LogP contribution in [0.5, 0.6) is 0 Å². The molecule has 3 N–H and O–H groups in total. The second kappa shape index (κ2) is 3.72. The third-order valence-corrected chi connectivity index (χ3v) is 2.22. The van der Waals surface area contributed by atoms with Crippen molar-refractivity contribution in [1.29, 1.82) is 0 Å². The number of nitrogens with two attached hydrogens (primary N) is 1. The maximum absolute atomic E-state index is 11.1. The maximum Gasteiger partial charge on any atom is 0.224 e. The van der Waals surface area contributed by atoms with Crippen molar-refractivity contribution in [3.63, 3.8) is 0 Å². The highest BCUT2D eigenvalue weighted by molar-refractivity contribution is 5.78. The molecule has 0 radical (unpaired) electrons. The van der Waals surface area contributed by atoms with Crippen molar-refractivity contribution in [2.75, 3.05) is 13.6 Å². The number of carbonyl (C=O) groups is 1. The van der Waals surface area contributed by atoms with Crippen molar-refractivity contribution in [3.05, 3.63) is 0 Å². The first-order valence-electron chi connectivity index (χ1n) is 4.19. The monoisotopic (exact) mass is 156 g/mol. The van der Waals surface area contributed by atoms with Crippen LogP contribution in [0.2, 0.25) is 0 Å². The number of rotatable bonds is 4. The van der Waals surface area contributed by atoms with Crippen LogP contribution in [0.3, 0.4) is 0 Å². The third kappa shape index (κ3) is 2.50. The molecule has 0 saturated heterocycles. The molecular weight excluding hydrogens is 140 g/mol. The Kier molecular flexibility index (Phi) is 2.88. The fourth-order valence-electron chi connectivity index (χ4n) is 1.27. The minimum absolute atomic E-state index is 0.0486. The Balaban J connectivity index is 2.27. The van der Waals surface area contributed by atoms with E-state index in [0.29, 0.717) is 6.54 Å². The summed E-state index contributed by atoms with van der Waals surface area (Å²) in [7, 11) is 1.66. The Hall–Kier alpha value is -0.570. The summed E-state index contributed by atoms with van der Waals surface area (Å²) in [5.74, 6) is 0.924. The number of nitrogens with one attached hydrogen (secondary N) is 1. The topological polar surface area (TPSA) is 55.1 Å². The van der Waals surface area contributed by atoms with Crippen molar-refractivity contribution < 1.29 is 4.79 Å². The average molecular weight is 156 g/mol. The second-order valence-corrected chi connectivity index (χ2v) is 3.23. The predicted octanol–water partition coefficient (Wildman–Crippen LogP) is 0.107. The van der Waals surface area contributed by atoms with Crippen LogP contribution in [0.1, 0.15) is 19.3 Å². The van der Waals surface area contributed by atoms with Gasteiger partial charge in [-0.05, 0) is 12.3 Å². The van der Waals surface area contributed by atoms with E-state index >= 15 is 0 Å². The lowest BCUT2D eigenvalue weighted by atomic mass is 10.0. The lowest BCUT2D eigenvalue weighted by Gasteiger charge is -2.11. The molecule has 1 aliphatic carbocycles. The van der Waals surface area contributed by atoms with Gasteiger partial charge < -0.3 is 11.1 Å². The van der Waals surface area contributed by atoms with Crippen LogP contribution >= 0.6 is 0 Å². The van der Waals surface area contributed by atoms with Crippen LogP contribution in [-0.4, -0.2) is 19.5 Å². The SMILES string of the molecule is CNC(=O)C(CN)CC1CC1. The number of amides is 1. The molecule has 1 saturated carbocycles. The number of carbonyl (C=O) groups excluding carboxylic acids is 1. The first kappa shape index (κ1) is 8.53. The zero-order valence-electron chi connectivity index (χ0n) is 6.97. The maximum atomic E-state index is 11.1. The Bertz CT molecular complexity index is 143. The number of hydrogen-bond acceptors (Lipinski definition) is 2. The van der Waals surface area contributed by atoms with E-state index in [-0.39, 0.29) is 11.8 Å². The molecule has 11 heavy (non-hydrogen) atoms. The van der Waals surface area contributed by atoms with Crippen LogP contribution in [0, 0.1) is 11.8 Å². The van der Waals surface area contributed by atoms with Crippen LogP contribution in [-0.2, 0) is 4.79 Å². The highest BCUT2D eigenvalue weighted by Crippen LogP contribution is 2.35. The van der Waals surface area contributed by atoms with Crippen molar-refractivity contribution in [1.82, 2.24) is 5.32 Å². The molecule has 1 rings (SSSR count). The van der Waals surface area contributed by atoms with Crippen molar-refractivity contribution in [3.8, 4) is 0 Å². The smallest absolute Gasteiger partial charge is 0.224 e. The number of hydrogen-bond donors (Lipinski definition) is 2. The van der Waals surface area contributed by atoms with Crippen LogP contribution in [0.15, 0.2) is 0 Å². The first-order valence-corrected chi connectivity index (χ1v) is 4.19. The zero-order valence-corrected chi connectivity index (χ0v) is 6.97. The van der Waals surface area contributed by atoms with Crippen molar-refractivity contribution in [2.45, 2.75) is 19.3 Å². The lowest BCUT2D eigenvalue weighted by Crippen LogP contribution is -2.32. The average Bonchev–Trinajstić information content (AvgIpc) is 2.82. The molecule has 0 aromatic rings. The van der Waals surface area contributed by atoms with Gasteiger partial charge >= 0.3 is 0 Å². The molecule has 1 atom stereocenters. The molecule has 1 fully saturated rings. The highest BCUT2D eigenvalue weighted by Gasteiger charge is 2.27. The van der Waals surface area contributed by atoms with Crippen molar-refractivity contribution >= 4 is 5.91 Å². The summed E-state index contributed by atoms with van der Waals surface area (Å²) in [6.45, 7) is 0.482. The second-order valence-electron chi connectivity index (χ2n) is 3.23. The van der Waals surface area contributed by atoms with Gasteiger partial charge in [0.15, 0.2) is 0 Å². The molecule has 0 aromatic carbocycles. The zero-order chi connectivity index (χ0) is 8.27. The summed E-state index contributed by atoms with van der Waals surface area (Å²) in [6.07, 6.45) is 3.55. The summed E-state index contributed by atoms with van der Waals surface area (Å²) in [6, 6.07) is 0. The molecule has 3 nitrogen and oxygen atoms in total. The Labute approximate surface area is 67.3 Å². The first-order chi connectivity index (χ1) is 5.27. The van der Waals surface area contributed by atoms with Crippen LogP contribution in [0.25, 0.3) is 0 Å². The molecule has 1 amide bonds. The fourth-order valence-corrected chi connectivity index (χ4v) is 1.27. The largest absolute Gasteiger partial charge is 0.359 e. The Morgan fingerprint density at radius 3 is 2.73 bits per heavy atom. The quantitative estimate of drug-likeness (QED) is 0.607. The van der Waals surface area contributed by atoms with E-state index in [0.717, 1.165) is 12.3 Å². The predicted molar refractivity (Wildman–Crippen MR) is 44.0 cm³/mol. The van der Waals surface area contributed by atoms with E-state index in [1.807, 2.05) is 0 Å². The molecule has 0 heterocycles. The normalized spacial score (nSPS) is 19.5. The minimum atomic E-state index is 0.0486. The van der Waals surface area contributed by atoms with E-state index in [9.17, 15) is 4.79 Å². The van der Waals surface area contributed by atoms with Crippen molar-refractivity contribution in [2.24, 2.45) is 17.6 Å². The molecule has 0 bridgehead atoms. The summed E-state index contributed by atoms with van der Waals surface area (Å²) >= 11 is 0. The summed E-state index contributed by atoms with van der Waals surface area (Å²) in [5.41, 5.74) is 5.46. The van der Waals surface area contributed by atoms with Gasteiger partial charge in [0, 0.05) is 13.6 Å². The van der Waals surface area contributed by atoms with Gasteiger partial charge in [-0.25, -0.2) is 0 Å². The summed E-state index contributed by atoms with van der Waals surface area (Å²) in [4.78, 5) is 11.1. The van der Waals surface area contributed by atoms with E-state index in [1.54, 1.807) is 7.05 Å². The minimum Gasteiger partial charge on any atom is -0.359 e. The van der Waals surface area contributed by atoms with Gasteiger partial charge in [0.1, 0.15) is 0 Å².